The quantitative estimate of drug-likeness (QED) is 0.727. The van der Waals surface area contributed by atoms with Gasteiger partial charge in [-0.25, -0.2) is 0 Å². The summed E-state index contributed by atoms with van der Waals surface area (Å²) in [5.74, 6) is 0. The van der Waals surface area contributed by atoms with Crippen LogP contribution in [0.25, 0.3) is 0 Å². The highest BCUT2D eigenvalue weighted by Crippen LogP contribution is 2.20. The highest BCUT2D eigenvalue weighted by atomic mass is 15.2. The van der Waals surface area contributed by atoms with E-state index in [2.05, 4.69) is 54.5 Å². The van der Waals surface area contributed by atoms with Crippen LogP contribution in [0.2, 0.25) is 0 Å². The van der Waals surface area contributed by atoms with Gasteiger partial charge in [-0.3, -0.25) is 0 Å². The number of anilines is 1. The molecule has 0 amide bonds. The zero-order chi connectivity index (χ0) is 9.97. The van der Waals surface area contributed by atoms with Gasteiger partial charge in [0.1, 0.15) is 0 Å². The maximum Gasteiger partial charge on any atom is 0.0437 e. The summed E-state index contributed by atoms with van der Waals surface area (Å²) in [6.45, 7) is 6.32. The second kappa shape index (κ2) is 3.74. The van der Waals surface area contributed by atoms with Crippen LogP contribution in [0.4, 0.5) is 5.69 Å². The fourth-order valence-corrected chi connectivity index (χ4v) is 1.79. The van der Waals surface area contributed by atoms with Crippen molar-refractivity contribution in [3.8, 4) is 0 Å². The Morgan fingerprint density at radius 3 is 2.71 bits per heavy atom. The topological polar surface area (TPSA) is 15.3 Å². The molecule has 2 rings (SSSR count). The summed E-state index contributed by atoms with van der Waals surface area (Å²) < 4.78 is 0. The normalized spacial score (nSPS) is 16.1. The van der Waals surface area contributed by atoms with Gasteiger partial charge in [0.15, 0.2) is 0 Å². The minimum Gasteiger partial charge on any atom is -0.386 e. The lowest BCUT2D eigenvalue weighted by atomic mass is 10.2. The Bertz CT molecular complexity index is 355. The lowest BCUT2D eigenvalue weighted by Crippen LogP contribution is -2.34. The lowest BCUT2D eigenvalue weighted by molar-refractivity contribution is 0.731. The first-order chi connectivity index (χ1) is 6.77. The van der Waals surface area contributed by atoms with E-state index in [0.717, 1.165) is 13.1 Å². The molecular formula is C12H16N2. The number of nitrogens with zero attached hydrogens (tertiary/aromatic N) is 1. The third kappa shape index (κ3) is 1.74. The summed E-state index contributed by atoms with van der Waals surface area (Å²) in [6.07, 6.45) is 2.17. The monoisotopic (exact) mass is 188 g/mol. The van der Waals surface area contributed by atoms with E-state index in [4.69, 9.17) is 0 Å². The number of rotatable bonds is 1. The number of benzene rings is 1. The molecule has 1 aliphatic rings. The van der Waals surface area contributed by atoms with Crippen LogP contribution in [0.5, 0.6) is 0 Å². The Balaban J connectivity index is 2.31. The molecule has 0 saturated carbocycles. The maximum absolute atomic E-state index is 3.32. The Hall–Kier alpha value is -1.44. The molecule has 0 saturated heterocycles. The highest BCUT2D eigenvalue weighted by molar-refractivity contribution is 5.55. The molecule has 0 fully saturated rings. The molecular weight excluding hydrogens is 172 g/mol. The molecule has 0 aliphatic carbocycles. The van der Waals surface area contributed by atoms with E-state index in [0.29, 0.717) is 0 Å². The average molecular weight is 188 g/mol. The molecule has 1 N–H and O–H groups in total. The SMILES string of the molecule is CC1=CN(c2ccccc2C)CCN1. The summed E-state index contributed by atoms with van der Waals surface area (Å²) in [6, 6.07) is 8.50. The van der Waals surface area contributed by atoms with Crippen molar-refractivity contribution < 1.29 is 0 Å². The van der Waals surface area contributed by atoms with Crippen molar-refractivity contribution in [2.75, 3.05) is 18.0 Å². The van der Waals surface area contributed by atoms with Gasteiger partial charge in [-0.2, -0.15) is 0 Å². The van der Waals surface area contributed by atoms with Gasteiger partial charge in [-0.1, -0.05) is 18.2 Å². The Morgan fingerprint density at radius 2 is 2.00 bits per heavy atom. The van der Waals surface area contributed by atoms with Crippen LogP contribution < -0.4 is 10.2 Å². The van der Waals surface area contributed by atoms with E-state index < -0.39 is 0 Å². The van der Waals surface area contributed by atoms with Crippen molar-refractivity contribution in [1.82, 2.24) is 5.32 Å². The average Bonchev–Trinajstić information content (AvgIpc) is 2.18. The van der Waals surface area contributed by atoms with Gasteiger partial charge in [-0.05, 0) is 25.5 Å². The van der Waals surface area contributed by atoms with E-state index >= 15 is 0 Å². The fourth-order valence-electron chi connectivity index (χ4n) is 1.79. The summed E-state index contributed by atoms with van der Waals surface area (Å²) in [4.78, 5) is 2.31. The molecule has 1 heterocycles. The largest absolute Gasteiger partial charge is 0.386 e. The lowest BCUT2D eigenvalue weighted by Gasteiger charge is -2.28. The molecule has 2 nitrogen and oxygen atoms in total. The molecule has 0 atom stereocenters. The van der Waals surface area contributed by atoms with Gasteiger partial charge in [0.2, 0.25) is 0 Å². The van der Waals surface area contributed by atoms with Crippen LogP contribution >= 0.6 is 0 Å². The number of allylic oxidation sites excluding steroid dienone is 1. The highest BCUT2D eigenvalue weighted by Gasteiger charge is 2.09. The minimum absolute atomic E-state index is 1.02. The van der Waals surface area contributed by atoms with Gasteiger partial charge in [0.05, 0.1) is 0 Å². The van der Waals surface area contributed by atoms with Crippen molar-refractivity contribution in [2.45, 2.75) is 13.8 Å². The number of para-hydroxylation sites is 1. The molecule has 0 bridgehead atoms. The van der Waals surface area contributed by atoms with Gasteiger partial charge in [-0.15, -0.1) is 0 Å². The third-order valence-electron chi connectivity index (χ3n) is 2.53. The van der Waals surface area contributed by atoms with E-state index in [-0.39, 0.29) is 0 Å². The fraction of sp³-hybridized carbons (Fsp3) is 0.333. The molecule has 1 aromatic carbocycles. The first kappa shape index (κ1) is 9.13. The molecule has 14 heavy (non-hydrogen) atoms. The van der Waals surface area contributed by atoms with E-state index in [1.54, 1.807) is 0 Å². The number of nitrogens with one attached hydrogen (secondary N) is 1. The predicted molar refractivity (Wildman–Crippen MR) is 60.3 cm³/mol. The zero-order valence-corrected chi connectivity index (χ0v) is 8.75. The summed E-state index contributed by atoms with van der Waals surface area (Å²) in [7, 11) is 0. The van der Waals surface area contributed by atoms with Gasteiger partial charge in [0, 0.05) is 30.7 Å². The second-order valence-electron chi connectivity index (χ2n) is 3.72. The van der Waals surface area contributed by atoms with Crippen molar-refractivity contribution in [3.63, 3.8) is 0 Å². The van der Waals surface area contributed by atoms with Crippen molar-refractivity contribution in [1.29, 1.82) is 0 Å². The van der Waals surface area contributed by atoms with Crippen LogP contribution in [0.1, 0.15) is 12.5 Å². The van der Waals surface area contributed by atoms with E-state index in [9.17, 15) is 0 Å². The Labute approximate surface area is 85.2 Å². The van der Waals surface area contributed by atoms with Crippen LogP contribution in [0.15, 0.2) is 36.2 Å². The second-order valence-corrected chi connectivity index (χ2v) is 3.72. The predicted octanol–water partition coefficient (Wildman–Crippen LogP) is 2.27. The molecule has 0 aromatic heterocycles. The van der Waals surface area contributed by atoms with Crippen molar-refractivity contribution in [2.24, 2.45) is 0 Å². The smallest absolute Gasteiger partial charge is 0.0437 e. The first-order valence-electron chi connectivity index (χ1n) is 5.02. The van der Waals surface area contributed by atoms with Gasteiger partial charge >= 0.3 is 0 Å². The first-order valence-corrected chi connectivity index (χ1v) is 5.02. The van der Waals surface area contributed by atoms with Gasteiger partial charge < -0.3 is 10.2 Å². The van der Waals surface area contributed by atoms with Crippen LogP contribution in [0.3, 0.4) is 0 Å². The molecule has 1 aliphatic heterocycles. The van der Waals surface area contributed by atoms with Crippen molar-refractivity contribution >= 4 is 5.69 Å². The van der Waals surface area contributed by atoms with Crippen molar-refractivity contribution in [3.05, 3.63) is 41.7 Å². The molecule has 2 heteroatoms. The molecule has 0 spiro atoms. The minimum atomic E-state index is 1.02. The molecule has 0 unspecified atom stereocenters. The molecule has 0 radical (unpaired) electrons. The number of hydrogen-bond acceptors (Lipinski definition) is 2. The van der Waals surface area contributed by atoms with Crippen LogP contribution in [0, 0.1) is 6.92 Å². The summed E-state index contributed by atoms with van der Waals surface area (Å²) in [5.41, 5.74) is 3.88. The Morgan fingerprint density at radius 1 is 1.21 bits per heavy atom. The summed E-state index contributed by atoms with van der Waals surface area (Å²) >= 11 is 0. The maximum atomic E-state index is 3.32. The summed E-state index contributed by atoms with van der Waals surface area (Å²) in [5, 5.41) is 3.32. The third-order valence-corrected chi connectivity index (χ3v) is 2.53. The number of aryl methyl sites for hydroxylation is 1. The van der Waals surface area contributed by atoms with E-state index in [1.165, 1.54) is 16.9 Å². The number of hydrogen-bond donors (Lipinski definition) is 1. The Kier molecular flexibility index (Phi) is 2.44. The molecule has 74 valence electrons. The van der Waals surface area contributed by atoms with Gasteiger partial charge in [0.25, 0.3) is 0 Å². The molecule has 1 aromatic rings. The zero-order valence-electron chi connectivity index (χ0n) is 8.75. The van der Waals surface area contributed by atoms with Crippen LogP contribution in [-0.4, -0.2) is 13.1 Å². The standard InChI is InChI=1S/C12H16N2/c1-10-5-3-4-6-12(10)14-8-7-13-11(2)9-14/h3-6,9,13H,7-8H2,1-2H3. The van der Waals surface area contributed by atoms with Crippen LogP contribution in [-0.2, 0) is 0 Å². The van der Waals surface area contributed by atoms with E-state index in [1.807, 2.05) is 0 Å².